The lowest BCUT2D eigenvalue weighted by Gasteiger charge is -2.19. The molecule has 3 nitrogen and oxygen atoms in total. The molecular weight excluding hydrogens is 172 g/mol. The van der Waals surface area contributed by atoms with Crippen molar-refractivity contribution in [3.63, 3.8) is 0 Å². The van der Waals surface area contributed by atoms with Crippen LogP contribution in [0.15, 0.2) is 17.3 Å². The molecule has 0 unspecified atom stereocenters. The third kappa shape index (κ3) is 2.01. The summed E-state index contributed by atoms with van der Waals surface area (Å²) in [6.07, 6.45) is 5.55. The van der Waals surface area contributed by atoms with E-state index in [0.29, 0.717) is 6.04 Å². The lowest BCUT2D eigenvalue weighted by atomic mass is 10.4. The maximum Gasteiger partial charge on any atom is 0.123 e. The molecule has 0 aliphatic carbocycles. The zero-order chi connectivity index (χ0) is 9.35. The molecule has 0 fully saturated rings. The van der Waals surface area contributed by atoms with Crippen LogP contribution in [0.25, 0.3) is 0 Å². The fraction of sp³-hybridized carbons (Fsp3) is 0.625. The van der Waals surface area contributed by atoms with Gasteiger partial charge >= 0.3 is 0 Å². The van der Waals surface area contributed by atoms with Crippen molar-refractivity contribution in [2.45, 2.75) is 24.9 Å². The molecule has 0 atom stereocenters. The summed E-state index contributed by atoms with van der Waals surface area (Å²) in [6, 6.07) is 2.25. The summed E-state index contributed by atoms with van der Waals surface area (Å²) in [5.74, 6) is 0. The molecule has 1 aromatic rings. The highest BCUT2D eigenvalue weighted by Gasteiger charge is 2.13. The number of hydrogen-bond donors (Lipinski definition) is 1. The molecule has 0 radical (unpaired) electrons. The molecule has 0 saturated carbocycles. The molecular formula is C8H16N2OS. The van der Waals surface area contributed by atoms with Crippen molar-refractivity contribution < 1.29 is 4.55 Å². The van der Waals surface area contributed by atoms with E-state index in [0.717, 1.165) is 5.03 Å². The Bertz CT molecular complexity index is 262. The Labute approximate surface area is 74.9 Å². The predicted octanol–water partition coefficient (Wildman–Crippen LogP) is 2.36. The van der Waals surface area contributed by atoms with Gasteiger partial charge in [0, 0.05) is 12.2 Å². The minimum absolute atomic E-state index is 0.362. The van der Waals surface area contributed by atoms with Crippen molar-refractivity contribution >= 4 is 10.3 Å². The van der Waals surface area contributed by atoms with Crippen molar-refractivity contribution in [1.29, 1.82) is 0 Å². The van der Waals surface area contributed by atoms with Crippen molar-refractivity contribution in [3.05, 3.63) is 12.3 Å². The Hall–Kier alpha value is -0.480. The van der Waals surface area contributed by atoms with Gasteiger partial charge in [-0.3, -0.25) is 4.68 Å². The average molecular weight is 188 g/mol. The van der Waals surface area contributed by atoms with E-state index in [4.69, 9.17) is 0 Å². The third-order valence-electron chi connectivity index (χ3n) is 1.62. The minimum atomic E-state index is -1.65. The van der Waals surface area contributed by atoms with Crippen LogP contribution in [0.5, 0.6) is 0 Å². The fourth-order valence-corrected chi connectivity index (χ4v) is 1.56. The molecule has 4 heteroatoms. The lowest BCUT2D eigenvalue weighted by molar-refractivity contribution is 0.518. The molecule has 1 N–H and O–H groups in total. The van der Waals surface area contributed by atoms with Crippen LogP contribution in [-0.2, 0) is 0 Å². The zero-order valence-electron chi connectivity index (χ0n) is 7.98. The van der Waals surface area contributed by atoms with Crippen LogP contribution in [0.2, 0.25) is 0 Å². The summed E-state index contributed by atoms with van der Waals surface area (Å²) in [6.45, 7) is 4.13. The first-order valence-corrected chi connectivity index (χ1v) is 6.33. The van der Waals surface area contributed by atoms with Crippen LogP contribution in [0.4, 0.5) is 0 Å². The first-order valence-electron chi connectivity index (χ1n) is 3.92. The van der Waals surface area contributed by atoms with Gasteiger partial charge in [0.15, 0.2) is 0 Å². The first kappa shape index (κ1) is 9.61. The summed E-state index contributed by atoms with van der Waals surface area (Å²) in [7, 11) is -1.65. The largest absolute Gasteiger partial charge is 0.346 e. The molecule has 0 aliphatic heterocycles. The minimum Gasteiger partial charge on any atom is -0.346 e. The highest BCUT2D eigenvalue weighted by atomic mass is 32.3. The molecule has 0 saturated heterocycles. The smallest absolute Gasteiger partial charge is 0.123 e. The highest BCUT2D eigenvalue weighted by Crippen LogP contribution is 2.42. The standard InChI is InChI=1S/C8H16N2OS/c1-7(2)10-6-5-8(9-10)12(3,4)11/h5-7,11H,1-4H3. The SMILES string of the molecule is CC(C)n1ccc(S(C)(C)O)n1. The van der Waals surface area contributed by atoms with Crippen LogP contribution < -0.4 is 0 Å². The number of nitrogens with zero attached hydrogens (tertiary/aromatic N) is 2. The molecule has 0 bridgehead atoms. The van der Waals surface area contributed by atoms with E-state index in [9.17, 15) is 4.55 Å². The Morgan fingerprint density at radius 2 is 2.08 bits per heavy atom. The van der Waals surface area contributed by atoms with E-state index in [1.54, 1.807) is 0 Å². The predicted molar refractivity (Wildman–Crippen MR) is 52.9 cm³/mol. The van der Waals surface area contributed by atoms with E-state index < -0.39 is 10.3 Å². The van der Waals surface area contributed by atoms with Crippen LogP contribution in [0.1, 0.15) is 19.9 Å². The zero-order valence-corrected chi connectivity index (χ0v) is 8.80. The maximum atomic E-state index is 9.69. The summed E-state index contributed by atoms with van der Waals surface area (Å²) in [5.41, 5.74) is 0. The van der Waals surface area contributed by atoms with Gasteiger partial charge in [-0.05, 0) is 32.4 Å². The van der Waals surface area contributed by atoms with Gasteiger partial charge in [0.25, 0.3) is 0 Å². The van der Waals surface area contributed by atoms with Gasteiger partial charge in [0.05, 0.1) is 0 Å². The number of hydrogen-bond acceptors (Lipinski definition) is 2. The lowest BCUT2D eigenvalue weighted by Crippen LogP contribution is -2.03. The molecule has 0 aromatic carbocycles. The van der Waals surface area contributed by atoms with Gasteiger partial charge in [-0.2, -0.15) is 5.10 Å². The van der Waals surface area contributed by atoms with Gasteiger partial charge < -0.3 is 4.55 Å². The van der Waals surface area contributed by atoms with Gasteiger partial charge in [0.1, 0.15) is 5.03 Å². The van der Waals surface area contributed by atoms with Gasteiger partial charge in [-0.1, -0.05) is 10.3 Å². The fourth-order valence-electron chi connectivity index (χ4n) is 0.875. The number of rotatable bonds is 2. The van der Waals surface area contributed by atoms with Crippen LogP contribution in [-0.4, -0.2) is 26.8 Å². The third-order valence-corrected chi connectivity index (χ3v) is 2.87. The van der Waals surface area contributed by atoms with Crippen LogP contribution in [0, 0.1) is 0 Å². The van der Waals surface area contributed by atoms with Crippen LogP contribution in [0.3, 0.4) is 0 Å². The molecule has 70 valence electrons. The molecule has 1 aromatic heterocycles. The van der Waals surface area contributed by atoms with E-state index in [1.165, 1.54) is 0 Å². The van der Waals surface area contributed by atoms with E-state index >= 15 is 0 Å². The van der Waals surface area contributed by atoms with Gasteiger partial charge in [-0.15, -0.1) is 0 Å². The molecule has 1 rings (SSSR count). The average Bonchev–Trinajstić information content (AvgIpc) is 2.30. The molecule has 0 aliphatic rings. The second-order valence-electron chi connectivity index (χ2n) is 3.50. The van der Waals surface area contributed by atoms with E-state index in [1.807, 2.05) is 29.5 Å². The summed E-state index contributed by atoms with van der Waals surface area (Å²) >= 11 is 0. The van der Waals surface area contributed by atoms with Crippen molar-refractivity contribution in [2.24, 2.45) is 0 Å². The molecule has 12 heavy (non-hydrogen) atoms. The van der Waals surface area contributed by atoms with Crippen molar-refractivity contribution in [3.8, 4) is 0 Å². The normalized spacial score (nSPS) is 13.8. The highest BCUT2D eigenvalue weighted by molar-refractivity contribution is 8.27. The van der Waals surface area contributed by atoms with Gasteiger partial charge in [-0.25, -0.2) is 0 Å². The summed E-state index contributed by atoms with van der Waals surface area (Å²) in [5, 5.41) is 5.09. The topological polar surface area (TPSA) is 38.0 Å². The molecule has 1 heterocycles. The van der Waals surface area contributed by atoms with Crippen molar-refractivity contribution in [2.75, 3.05) is 12.5 Å². The Balaban J connectivity index is 2.92. The Morgan fingerprint density at radius 1 is 1.50 bits per heavy atom. The summed E-state index contributed by atoms with van der Waals surface area (Å²) in [4.78, 5) is 0. The van der Waals surface area contributed by atoms with E-state index in [2.05, 4.69) is 18.9 Å². The monoisotopic (exact) mass is 188 g/mol. The Kier molecular flexibility index (Phi) is 2.49. The maximum absolute atomic E-state index is 9.69. The summed E-state index contributed by atoms with van der Waals surface area (Å²) < 4.78 is 11.6. The van der Waals surface area contributed by atoms with Crippen LogP contribution >= 0.6 is 10.3 Å². The molecule has 0 amide bonds. The quantitative estimate of drug-likeness (QED) is 0.773. The second kappa shape index (κ2) is 3.11. The van der Waals surface area contributed by atoms with Crippen molar-refractivity contribution in [1.82, 2.24) is 9.78 Å². The first-order chi connectivity index (χ1) is 5.41. The second-order valence-corrected chi connectivity index (χ2v) is 6.46. The number of aromatic nitrogens is 2. The van der Waals surface area contributed by atoms with E-state index in [-0.39, 0.29) is 0 Å². The van der Waals surface area contributed by atoms with Gasteiger partial charge in [0.2, 0.25) is 0 Å². The Morgan fingerprint density at radius 3 is 2.33 bits per heavy atom. The molecule has 0 spiro atoms.